The molecule has 0 unspecified atom stereocenters. The number of hydrazine groups is 1. The summed E-state index contributed by atoms with van der Waals surface area (Å²) in [6, 6.07) is 5.61. The normalized spacial score (nSPS) is 15.8. The summed E-state index contributed by atoms with van der Waals surface area (Å²) in [5, 5.41) is 3.80. The minimum atomic E-state index is -3.84. The van der Waals surface area contributed by atoms with E-state index in [1.54, 1.807) is 7.05 Å². The average molecular weight is 378 g/mol. The lowest BCUT2D eigenvalue weighted by atomic mass is 9.93. The van der Waals surface area contributed by atoms with Crippen LogP contribution in [0.4, 0.5) is 0 Å². The van der Waals surface area contributed by atoms with Gasteiger partial charge in [-0.05, 0) is 43.9 Å². The van der Waals surface area contributed by atoms with Crippen LogP contribution in [-0.4, -0.2) is 29.7 Å². The number of fused-ring (bicyclic) bond motifs is 1. The van der Waals surface area contributed by atoms with Crippen molar-refractivity contribution in [1.82, 2.24) is 20.0 Å². The van der Waals surface area contributed by atoms with Gasteiger partial charge in [0.1, 0.15) is 16.2 Å². The highest BCUT2D eigenvalue weighted by molar-refractivity contribution is 7.89. The molecule has 0 spiro atoms. The zero-order valence-corrected chi connectivity index (χ0v) is 15.8. The first-order valence-electron chi connectivity index (χ1n) is 8.25. The van der Waals surface area contributed by atoms with Gasteiger partial charge in [-0.15, -0.1) is 4.83 Å². The maximum Gasteiger partial charge on any atom is 0.260 e. The zero-order chi connectivity index (χ0) is 18.9. The van der Waals surface area contributed by atoms with Gasteiger partial charge in [-0.2, -0.15) is 5.10 Å². The van der Waals surface area contributed by atoms with E-state index in [0.29, 0.717) is 0 Å². The molecule has 1 aliphatic heterocycles. The summed E-state index contributed by atoms with van der Waals surface area (Å²) in [4.78, 5) is 14.1. The largest absolute Gasteiger partial charge is 0.488 e. The average Bonchev–Trinajstić information content (AvgIpc) is 3.00. The molecule has 0 fully saturated rings. The van der Waals surface area contributed by atoms with Crippen LogP contribution in [-0.2, 0) is 34.7 Å². The number of rotatable bonds is 5. The van der Waals surface area contributed by atoms with Gasteiger partial charge in [0.2, 0.25) is 5.91 Å². The molecule has 1 aromatic carbocycles. The van der Waals surface area contributed by atoms with Gasteiger partial charge in [-0.1, -0.05) is 12.1 Å². The van der Waals surface area contributed by atoms with Gasteiger partial charge in [-0.25, -0.2) is 8.42 Å². The van der Waals surface area contributed by atoms with E-state index < -0.39 is 15.9 Å². The molecule has 8 nitrogen and oxygen atoms in total. The molecule has 0 atom stereocenters. The van der Waals surface area contributed by atoms with Crippen LogP contribution in [0.5, 0.6) is 5.75 Å². The number of hydrogen-bond acceptors (Lipinski definition) is 5. The Kier molecular flexibility index (Phi) is 4.76. The van der Waals surface area contributed by atoms with E-state index >= 15 is 0 Å². The maximum atomic E-state index is 12.1. The highest BCUT2D eigenvalue weighted by Gasteiger charge is 2.26. The molecule has 2 N–H and O–H groups in total. The Hall–Kier alpha value is -2.39. The molecule has 0 radical (unpaired) electrons. The van der Waals surface area contributed by atoms with Crippen molar-refractivity contribution < 1.29 is 17.9 Å². The lowest BCUT2D eigenvalue weighted by Crippen LogP contribution is -2.42. The van der Waals surface area contributed by atoms with Crippen molar-refractivity contribution in [3.8, 4) is 5.75 Å². The number of nitrogens with one attached hydrogen (secondary N) is 2. The second-order valence-corrected chi connectivity index (χ2v) is 8.67. The van der Waals surface area contributed by atoms with Crippen LogP contribution < -0.4 is 15.0 Å². The topological polar surface area (TPSA) is 102 Å². The minimum absolute atomic E-state index is 0.0196. The third-order valence-corrected chi connectivity index (χ3v) is 5.39. The van der Waals surface area contributed by atoms with Crippen LogP contribution >= 0.6 is 0 Å². The number of carbonyl (C=O) groups excluding carboxylic acids is 1. The summed E-state index contributed by atoms with van der Waals surface area (Å²) >= 11 is 0. The van der Waals surface area contributed by atoms with Crippen molar-refractivity contribution in [3.05, 3.63) is 41.7 Å². The first-order valence-corrected chi connectivity index (χ1v) is 9.73. The Balaban J connectivity index is 1.60. The van der Waals surface area contributed by atoms with Gasteiger partial charge in [0.05, 0.1) is 12.6 Å². The summed E-state index contributed by atoms with van der Waals surface area (Å²) in [6.07, 6.45) is 4.40. The van der Waals surface area contributed by atoms with E-state index in [4.69, 9.17) is 4.74 Å². The van der Waals surface area contributed by atoms with Crippen molar-refractivity contribution in [2.24, 2.45) is 7.05 Å². The molecule has 3 rings (SSSR count). The Morgan fingerprint density at radius 2 is 2.15 bits per heavy atom. The first-order chi connectivity index (χ1) is 12.1. The van der Waals surface area contributed by atoms with E-state index in [-0.39, 0.29) is 16.9 Å². The first kappa shape index (κ1) is 18.4. The summed E-state index contributed by atoms with van der Waals surface area (Å²) in [5.41, 5.74) is 3.90. The van der Waals surface area contributed by atoms with E-state index in [0.717, 1.165) is 29.7 Å². The Labute approximate surface area is 152 Å². The predicted octanol–water partition coefficient (Wildman–Crippen LogP) is 1.08. The van der Waals surface area contributed by atoms with Gasteiger partial charge < -0.3 is 4.74 Å². The number of amides is 1. The number of ether oxygens (including phenoxy) is 1. The number of sulfonamides is 1. The van der Waals surface area contributed by atoms with Crippen LogP contribution in [0.3, 0.4) is 0 Å². The molecular formula is C17H22N4O4S. The molecule has 1 amide bonds. The molecule has 0 saturated carbocycles. The second-order valence-electron chi connectivity index (χ2n) is 6.98. The van der Waals surface area contributed by atoms with Gasteiger partial charge in [0, 0.05) is 13.2 Å². The fraction of sp³-hybridized carbons (Fsp3) is 0.412. The molecule has 140 valence electrons. The maximum absolute atomic E-state index is 12.1. The van der Waals surface area contributed by atoms with Crippen LogP contribution in [0.1, 0.15) is 31.4 Å². The number of hydrogen-bond donors (Lipinski definition) is 2. The van der Waals surface area contributed by atoms with Gasteiger partial charge in [-0.3, -0.25) is 14.9 Å². The van der Waals surface area contributed by atoms with E-state index in [1.165, 1.54) is 17.1 Å². The predicted molar refractivity (Wildman–Crippen MR) is 94.8 cm³/mol. The number of nitrogens with zero attached hydrogens (tertiary/aromatic N) is 2. The minimum Gasteiger partial charge on any atom is -0.488 e. The van der Waals surface area contributed by atoms with Crippen molar-refractivity contribution >= 4 is 15.9 Å². The fourth-order valence-electron chi connectivity index (χ4n) is 2.77. The molecule has 1 aliphatic rings. The monoisotopic (exact) mass is 378 g/mol. The Morgan fingerprint density at radius 3 is 2.85 bits per heavy atom. The highest BCUT2D eigenvalue weighted by Crippen LogP contribution is 2.33. The summed E-state index contributed by atoms with van der Waals surface area (Å²) in [5.74, 6) is 0.386. The summed E-state index contributed by atoms with van der Waals surface area (Å²) in [6.45, 7) is 4.09. The van der Waals surface area contributed by atoms with E-state index in [9.17, 15) is 13.2 Å². The fourth-order valence-corrected chi connectivity index (χ4v) is 3.62. The summed E-state index contributed by atoms with van der Waals surface area (Å²) < 4.78 is 31.4. The lowest BCUT2D eigenvalue weighted by Gasteiger charge is -2.32. The van der Waals surface area contributed by atoms with Crippen molar-refractivity contribution in [3.63, 3.8) is 0 Å². The van der Waals surface area contributed by atoms with Gasteiger partial charge >= 0.3 is 0 Å². The van der Waals surface area contributed by atoms with Crippen LogP contribution in [0.15, 0.2) is 35.5 Å². The van der Waals surface area contributed by atoms with E-state index in [1.807, 2.05) is 32.0 Å². The standard InChI is InChI=1S/C17H22N4O4S/c1-17(2)7-6-13-8-12(4-5-15(13)25-17)9-16(22)19-20-26(23,24)14-10-18-21(3)11-14/h4-5,8,10-11,20H,6-7,9H2,1-3H3,(H,19,22). The molecule has 2 aromatic rings. The molecule has 2 heterocycles. The highest BCUT2D eigenvalue weighted by atomic mass is 32.2. The van der Waals surface area contributed by atoms with Crippen molar-refractivity contribution in [1.29, 1.82) is 0 Å². The Morgan fingerprint density at radius 1 is 1.38 bits per heavy atom. The molecule has 1 aromatic heterocycles. The smallest absolute Gasteiger partial charge is 0.260 e. The molecule has 0 bridgehead atoms. The van der Waals surface area contributed by atoms with Gasteiger partial charge in [0.25, 0.3) is 10.0 Å². The zero-order valence-electron chi connectivity index (χ0n) is 14.9. The van der Waals surface area contributed by atoms with Crippen LogP contribution in [0.25, 0.3) is 0 Å². The quantitative estimate of drug-likeness (QED) is 0.758. The number of aromatic nitrogens is 2. The van der Waals surface area contributed by atoms with Crippen LogP contribution in [0, 0.1) is 0 Å². The van der Waals surface area contributed by atoms with E-state index in [2.05, 4.69) is 15.4 Å². The molecule has 0 saturated heterocycles. The molecular weight excluding hydrogens is 356 g/mol. The molecule has 9 heteroatoms. The third kappa shape index (κ3) is 4.23. The lowest BCUT2D eigenvalue weighted by molar-refractivity contribution is -0.120. The van der Waals surface area contributed by atoms with Crippen molar-refractivity contribution in [2.45, 2.75) is 43.6 Å². The molecule has 26 heavy (non-hydrogen) atoms. The summed E-state index contributed by atoms with van der Waals surface area (Å²) in [7, 11) is -2.23. The molecule has 0 aliphatic carbocycles. The number of benzene rings is 1. The van der Waals surface area contributed by atoms with Crippen LogP contribution in [0.2, 0.25) is 0 Å². The van der Waals surface area contributed by atoms with Gasteiger partial charge in [0.15, 0.2) is 0 Å². The Bertz CT molecular complexity index is 934. The second kappa shape index (κ2) is 6.73. The van der Waals surface area contributed by atoms with Crippen molar-refractivity contribution in [2.75, 3.05) is 0 Å². The number of aryl methyl sites for hydroxylation is 2. The third-order valence-electron chi connectivity index (χ3n) is 4.19. The SMILES string of the molecule is Cn1cc(S(=O)(=O)NNC(=O)Cc2ccc3c(c2)CCC(C)(C)O3)cn1. The number of carbonyl (C=O) groups is 1.